The highest BCUT2D eigenvalue weighted by Gasteiger charge is 2.28. The quantitative estimate of drug-likeness (QED) is 0.695. The number of nitrogens with zero attached hydrogens (tertiary/aromatic N) is 3. The van der Waals surface area contributed by atoms with Gasteiger partial charge in [0.05, 0.1) is 6.54 Å². The van der Waals surface area contributed by atoms with Gasteiger partial charge in [-0.3, -0.25) is 4.90 Å². The topological polar surface area (TPSA) is 42.2 Å². The van der Waals surface area contributed by atoms with Gasteiger partial charge in [-0.25, -0.2) is 4.39 Å². The molecule has 0 bridgehead atoms. The first-order valence-electron chi connectivity index (χ1n) is 8.08. The van der Waals surface area contributed by atoms with Crippen molar-refractivity contribution in [3.8, 4) is 11.4 Å². The van der Waals surface area contributed by atoms with Crippen molar-refractivity contribution in [2.75, 3.05) is 6.54 Å². The minimum Gasteiger partial charge on any atom is -0.338 e. The van der Waals surface area contributed by atoms with Crippen LogP contribution in [-0.2, 0) is 6.54 Å². The molecule has 1 unspecified atom stereocenters. The number of halogens is 1. The highest BCUT2D eigenvalue weighted by molar-refractivity contribution is 7.12. The maximum Gasteiger partial charge on any atom is 0.241 e. The third-order valence-electron chi connectivity index (χ3n) is 4.36. The molecule has 1 atom stereocenters. The number of thiophene rings is 1. The molecule has 0 saturated carbocycles. The molecule has 4 nitrogen and oxygen atoms in total. The van der Waals surface area contributed by atoms with Gasteiger partial charge >= 0.3 is 0 Å². The second kappa shape index (κ2) is 6.45. The van der Waals surface area contributed by atoms with Gasteiger partial charge < -0.3 is 4.52 Å². The molecule has 1 aliphatic heterocycles. The molecule has 2 aromatic heterocycles. The highest BCUT2D eigenvalue weighted by Crippen LogP contribution is 2.36. The highest BCUT2D eigenvalue weighted by atomic mass is 32.1. The van der Waals surface area contributed by atoms with Crippen LogP contribution in [0.3, 0.4) is 0 Å². The van der Waals surface area contributed by atoms with Gasteiger partial charge in [0.25, 0.3) is 0 Å². The lowest BCUT2D eigenvalue weighted by molar-refractivity contribution is 0.214. The Morgan fingerprint density at radius 2 is 2.08 bits per heavy atom. The molecule has 3 aromatic rings. The van der Waals surface area contributed by atoms with Gasteiger partial charge in [-0.05, 0) is 62.7 Å². The standard InChI is InChI=1S/C18H18FN3OS/c1-12-4-9-16(24-12)15-3-2-10-22(15)11-17-20-18(21-23-17)13-5-7-14(19)8-6-13/h4-9,15H,2-3,10-11H2,1H3. The van der Waals surface area contributed by atoms with E-state index in [1.165, 1.54) is 34.7 Å². The maximum absolute atomic E-state index is 13.0. The van der Waals surface area contributed by atoms with E-state index in [4.69, 9.17) is 4.52 Å². The van der Waals surface area contributed by atoms with Crippen LogP contribution < -0.4 is 0 Å². The van der Waals surface area contributed by atoms with E-state index in [0.29, 0.717) is 24.3 Å². The average Bonchev–Trinajstić information content (AvgIpc) is 3.30. The fourth-order valence-electron chi connectivity index (χ4n) is 3.18. The van der Waals surface area contributed by atoms with Gasteiger partial charge in [0, 0.05) is 21.4 Å². The number of aromatic nitrogens is 2. The van der Waals surface area contributed by atoms with E-state index in [1.54, 1.807) is 12.1 Å². The summed E-state index contributed by atoms with van der Waals surface area (Å²) in [5.41, 5.74) is 0.762. The van der Waals surface area contributed by atoms with Gasteiger partial charge in [-0.1, -0.05) is 5.16 Å². The van der Waals surface area contributed by atoms with Gasteiger partial charge in [0.15, 0.2) is 0 Å². The second-order valence-electron chi connectivity index (χ2n) is 6.10. The van der Waals surface area contributed by atoms with Gasteiger partial charge in [-0.2, -0.15) is 4.98 Å². The van der Waals surface area contributed by atoms with E-state index < -0.39 is 0 Å². The fourth-order valence-corrected chi connectivity index (χ4v) is 4.23. The zero-order chi connectivity index (χ0) is 16.5. The van der Waals surface area contributed by atoms with Gasteiger partial charge in [0.1, 0.15) is 5.82 Å². The Kier molecular flexibility index (Phi) is 4.16. The van der Waals surface area contributed by atoms with Crippen LogP contribution in [0.1, 0.15) is 34.5 Å². The molecule has 24 heavy (non-hydrogen) atoms. The molecule has 1 aromatic carbocycles. The third-order valence-corrected chi connectivity index (χ3v) is 5.46. The van der Waals surface area contributed by atoms with Gasteiger partial charge in [-0.15, -0.1) is 11.3 Å². The number of likely N-dealkylation sites (tertiary alicyclic amines) is 1. The number of hydrogen-bond donors (Lipinski definition) is 0. The summed E-state index contributed by atoms with van der Waals surface area (Å²) in [5, 5.41) is 4.03. The molecule has 0 aliphatic carbocycles. The Morgan fingerprint density at radius 1 is 1.25 bits per heavy atom. The molecule has 1 saturated heterocycles. The number of rotatable bonds is 4. The summed E-state index contributed by atoms with van der Waals surface area (Å²) in [5.74, 6) is 0.843. The van der Waals surface area contributed by atoms with Crippen molar-refractivity contribution in [2.24, 2.45) is 0 Å². The Hall–Kier alpha value is -2.05. The normalized spacial score (nSPS) is 18.3. The molecule has 1 fully saturated rings. The van der Waals surface area contributed by atoms with Crippen LogP contribution >= 0.6 is 11.3 Å². The molecule has 3 heterocycles. The average molecular weight is 343 g/mol. The van der Waals surface area contributed by atoms with E-state index in [2.05, 4.69) is 34.1 Å². The molecular formula is C18H18FN3OS. The number of benzene rings is 1. The Morgan fingerprint density at radius 3 is 2.83 bits per heavy atom. The zero-order valence-corrected chi connectivity index (χ0v) is 14.2. The van der Waals surface area contributed by atoms with E-state index in [9.17, 15) is 4.39 Å². The van der Waals surface area contributed by atoms with Gasteiger partial charge in [0.2, 0.25) is 11.7 Å². The Labute approximate surface area is 143 Å². The first-order valence-corrected chi connectivity index (χ1v) is 8.89. The summed E-state index contributed by atoms with van der Waals surface area (Å²) >= 11 is 1.86. The van der Waals surface area contributed by atoms with E-state index >= 15 is 0 Å². The van der Waals surface area contributed by atoms with E-state index in [0.717, 1.165) is 12.1 Å². The largest absolute Gasteiger partial charge is 0.338 e. The second-order valence-corrected chi connectivity index (χ2v) is 7.42. The molecular weight excluding hydrogens is 325 g/mol. The molecule has 1 aliphatic rings. The van der Waals surface area contributed by atoms with Crippen molar-refractivity contribution in [3.63, 3.8) is 0 Å². The molecule has 0 radical (unpaired) electrons. The Bertz CT molecular complexity index is 827. The smallest absolute Gasteiger partial charge is 0.241 e. The Balaban J connectivity index is 1.50. The number of aryl methyl sites for hydroxylation is 1. The van der Waals surface area contributed by atoms with Crippen molar-refractivity contribution < 1.29 is 8.91 Å². The molecule has 4 rings (SSSR count). The first-order chi connectivity index (χ1) is 11.7. The first kappa shape index (κ1) is 15.5. The van der Waals surface area contributed by atoms with Crippen LogP contribution in [0.2, 0.25) is 0 Å². The summed E-state index contributed by atoms with van der Waals surface area (Å²) < 4.78 is 18.4. The fraction of sp³-hybridized carbons (Fsp3) is 0.333. The lowest BCUT2D eigenvalue weighted by Gasteiger charge is -2.21. The predicted molar refractivity (Wildman–Crippen MR) is 91.1 cm³/mol. The summed E-state index contributed by atoms with van der Waals surface area (Å²) in [6.45, 7) is 3.83. The molecule has 124 valence electrons. The monoisotopic (exact) mass is 343 g/mol. The minimum absolute atomic E-state index is 0.270. The van der Waals surface area contributed by atoms with Crippen LogP contribution in [0.15, 0.2) is 40.9 Å². The van der Waals surface area contributed by atoms with E-state index in [1.807, 2.05) is 11.3 Å². The van der Waals surface area contributed by atoms with Crippen LogP contribution in [0.5, 0.6) is 0 Å². The van der Waals surface area contributed by atoms with Crippen molar-refractivity contribution in [1.29, 1.82) is 0 Å². The summed E-state index contributed by atoms with van der Waals surface area (Å²) in [7, 11) is 0. The summed E-state index contributed by atoms with van der Waals surface area (Å²) in [6, 6.07) is 11.0. The lowest BCUT2D eigenvalue weighted by Crippen LogP contribution is -2.22. The molecule has 0 N–H and O–H groups in total. The minimum atomic E-state index is -0.270. The van der Waals surface area contributed by atoms with Crippen LogP contribution in [0.4, 0.5) is 4.39 Å². The van der Waals surface area contributed by atoms with E-state index in [-0.39, 0.29) is 5.82 Å². The summed E-state index contributed by atoms with van der Waals surface area (Å²) in [6.07, 6.45) is 2.35. The molecule has 0 amide bonds. The van der Waals surface area contributed by atoms with Crippen LogP contribution in [-0.4, -0.2) is 21.6 Å². The molecule has 0 spiro atoms. The van der Waals surface area contributed by atoms with Crippen molar-refractivity contribution in [2.45, 2.75) is 32.4 Å². The van der Waals surface area contributed by atoms with Crippen LogP contribution in [0, 0.1) is 12.7 Å². The third kappa shape index (κ3) is 3.12. The van der Waals surface area contributed by atoms with Crippen LogP contribution in [0.25, 0.3) is 11.4 Å². The predicted octanol–water partition coefficient (Wildman–Crippen LogP) is 4.58. The van der Waals surface area contributed by atoms with Crippen molar-refractivity contribution >= 4 is 11.3 Å². The number of hydrogen-bond acceptors (Lipinski definition) is 5. The lowest BCUT2D eigenvalue weighted by atomic mass is 10.2. The van der Waals surface area contributed by atoms with Crippen molar-refractivity contribution in [1.82, 2.24) is 15.0 Å². The SMILES string of the molecule is Cc1ccc(C2CCCN2Cc2nc(-c3ccc(F)cc3)no2)s1. The van der Waals surface area contributed by atoms with Crippen molar-refractivity contribution in [3.05, 3.63) is 57.9 Å². The summed E-state index contributed by atoms with van der Waals surface area (Å²) in [4.78, 5) is 9.61. The molecule has 6 heteroatoms. The maximum atomic E-state index is 13.0. The zero-order valence-electron chi connectivity index (χ0n) is 13.4.